The zero-order chi connectivity index (χ0) is 18.4. The average molecular weight is 403 g/mol. The Morgan fingerprint density at radius 2 is 1.93 bits per heavy atom. The van der Waals surface area contributed by atoms with Crippen LogP contribution in [0.4, 0.5) is 5.13 Å². The molecule has 1 aliphatic carbocycles. The van der Waals surface area contributed by atoms with Crippen LogP contribution in [0.3, 0.4) is 0 Å². The van der Waals surface area contributed by atoms with Gasteiger partial charge >= 0.3 is 0 Å². The lowest BCUT2D eigenvalue weighted by molar-refractivity contribution is -0.140. The number of amides is 1. The first-order chi connectivity index (χ1) is 13.2. The number of hydrogen-bond donors (Lipinski definition) is 0. The standard InChI is InChI=1S/C20H23ClN4OS/c21-15-4-1-13(2-5-15)11-18-22-23-20(27-18)24-10-9-17-14(12-24)3-8-19(26)25(17)16-6-7-16/h1-2,4-5,14,16-17H,3,6-12H2. The highest BCUT2D eigenvalue weighted by Gasteiger charge is 2.45. The molecule has 2 saturated heterocycles. The molecule has 7 heteroatoms. The van der Waals surface area contributed by atoms with Gasteiger partial charge in [-0.05, 0) is 49.3 Å². The zero-order valence-electron chi connectivity index (χ0n) is 15.2. The normalized spacial score (nSPS) is 25.6. The van der Waals surface area contributed by atoms with Crippen LogP contribution >= 0.6 is 22.9 Å². The third-order valence-corrected chi connectivity index (χ3v) is 7.24. The largest absolute Gasteiger partial charge is 0.346 e. The molecule has 1 amide bonds. The van der Waals surface area contributed by atoms with Crippen LogP contribution in [0.1, 0.15) is 42.7 Å². The van der Waals surface area contributed by atoms with Gasteiger partial charge in [-0.25, -0.2) is 0 Å². The molecule has 1 saturated carbocycles. The Morgan fingerprint density at radius 3 is 2.70 bits per heavy atom. The molecule has 0 radical (unpaired) electrons. The van der Waals surface area contributed by atoms with E-state index in [0.29, 0.717) is 30.3 Å². The van der Waals surface area contributed by atoms with E-state index in [-0.39, 0.29) is 0 Å². The molecule has 3 fully saturated rings. The van der Waals surface area contributed by atoms with Crippen molar-refractivity contribution in [1.29, 1.82) is 0 Å². The lowest BCUT2D eigenvalue weighted by atomic mass is 9.83. The minimum absolute atomic E-state index is 0.383. The van der Waals surface area contributed by atoms with Crippen LogP contribution in [0.2, 0.25) is 5.02 Å². The van der Waals surface area contributed by atoms with Crippen molar-refractivity contribution in [2.24, 2.45) is 5.92 Å². The second-order valence-electron chi connectivity index (χ2n) is 7.91. The summed E-state index contributed by atoms with van der Waals surface area (Å²) in [6.45, 7) is 1.96. The van der Waals surface area contributed by atoms with E-state index in [1.165, 1.54) is 18.4 Å². The number of fused-ring (bicyclic) bond motifs is 1. The van der Waals surface area contributed by atoms with Gasteiger partial charge < -0.3 is 9.80 Å². The molecular formula is C20H23ClN4OS. The highest BCUT2D eigenvalue weighted by molar-refractivity contribution is 7.15. The second-order valence-corrected chi connectivity index (χ2v) is 9.39. The third kappa shape index (κ3) is 3.57. The Bertz CT molecular complexity index is 835. The van der Waals surface area contributed by atoms with Crippen molar-refractivity contribution in [2.75, 3.05) is 18.0 Å². The molecule has 142 valence electrons. The van der Waals surface area contributed by atoms with Crippen LogP contribution < -0.4 is 4.90 Å². The van der Waals surface area contributed by atoms with Gasteiger partial charge in [-0.2, -0.15) is 0 Å². The van der Waals surface area contributed by atoms with Crippen molar-refractivity contribution in [3.8, 4) is 0 Å². The van der Waals surface area contributed by atoms with Crippen LogP contribution in [-0.2, 0) is 11.2 Å². The van der Waals surface area contributed by atoms with Gasteiger partial charge in [-0.3, -0.25) is 4.79 Å². The van der Waals surface area contributed by atoms with Crippen LogP contribution in [0.25, 0.3) is 0 Å². The van der Waals surface area contributed by atoms with Crippen LogP contribution in [0.5, 0.6) is 0 Å². The van der Waals surface area contributed by atoms with E-state index >= 15 is 0 Å². The summed E-state index contributed by atoms with van der Waals surface area (Å²) in [5.41, 5.74) is 1.20. The summed E-state index contributed by atoms with van der Waals surface area (Å²) in [6, 6.07) is 8.89. The number of anilines is 1. The van der Waals surface area contributed by atoms with E-state index in [9.17, 15) is 4.79 Å². The predicted molar refractivity (Wildman–Crippen MR) is 107 cm³/mol. The maximum Gasteiger partial charge on any atom is 0.223 e. The lowest BCUT2D eigenvalue weighted by Gasteiger charge is -2.47. The van der Waals surface area contributed by atoms with Gasteiger partial charge in [0.15, 0.2) is 0 Å². The number of benzene rings is 1. The van der Waals surface area contributed by atoms with Gasteiger partial charge in [0.1, 0.15) is 5.01 Å². The minimum Gasteiger partial charge on any atom is -0.346 e. The number of halogens is 1. The molecule has 2 atom stereocenters. The minimum atomic E-state index is 0.383. The predicted octanol–water partition coefficient (Wildman–Crippen LogP) is 3.76. The van der Waals surface area contributed by atoms with E-state index in [1.807, 2.05) is 24.3 Å². The molecule has 2 aliphatic heterocycles. The molecule has 0 bridgehead atoms. The van der Waals surface area contributed by atoms with Gasteiger partial charge in [0.05, 0.1) is 0 Å². The van der Waals surface area contributed by atoms with Crippen LogP contribution in [-0.4, -0.2) is 46.2 Å². The molecule has 5 rings (SSSR count). The number of rotatable bonds is 4. The Kier molecular flexibility index (Phi) is 4.56. The fraction of sp³-hybridized carbons (Fsp3) is 0.550. The number of hydrogen-bond acceptors (Lipinski definition) is 5. The van der Waals surface area contributed by atoms with E-state index in [0.717, 1.165) is 47.5 Å². The SMILES string of the molecule is O=C1CCC2CN(c3nnc(Cc4ccc(Cl)cc4)s3)CCC2N1C1CC1. The maximum atomic E-state index is 12.4. The van der Waals surface area contributed by atoms with Gasteiger partial charge in [-0.15, -0.1) is 10.2 Å². The summed E-state index contributed by atoms with van der Waals surface area (Å²) in [7, 11) is 0. The molecule has 0 N–H and O–H groups in total. The first-order valence-corrected chi connectivity index (χ1v) is 11.0. The van der Waals surface area contributed by atoms with Crippen molar-refractivity contribution < 1.29 is 4.79 Å². The first kappa shape index (κ1) is 17.4. The number of nitrogens with zero attached hydrogens (tertiary/aromatic N) is 4. The summed E-state index contributed by atoms with van der Waals surface area (Å²) in [5, 5.41) is 11.7. The van der Waals surface area contributed by atoms with E-state index in [4.69, 9.17) is 11.6 Å². The van der Waals surface area contributed by atoms with Gasteiger partial charge in [0, 0.05) is 43.0 Å². The molecule has 2 unspecified atom stereocenters. The first-order valence-electron chi connectivity index (χ1n) is 9.80. The van der Waals surface area contributed by atoms with Crippen molar-refractivity contribution >= 4 is 34.0 Å². The highest BCUT2D eigenvalue weighted by atomic mass is 35.5. The summed E-state index contributed by atoms with van der Waals surface area (Å²) in [6.07, 6.45) is 5.97. The molecule has 2 aromatic rings. The highest BCUT2D eigenvalue weighted by Crippen LogP contribution is 2.40. The third-order valence-electron chi connectivity index (χ3n) is 6.00. The molecule has 27 heavy (non-hydrogen) atoms. The molecule has 0 spiro atoms. The fourth-order valence-corrected chi connectivity index (χ4v) is 5.55. The van der Waals surface area contributed by atoms with Crippen molar-refractivity contribution in [3.05, 3.63) is 39.9 Å². The average Bonchev–Trinajstić information content (AvgIpc) is 3.41. The van der Waals surface area contributed by atoms with Gasteiger partial charge in [0.2, 0.25) is 11.0 Å². The number of carbonyl (C=O) groups is 1. The topological polar surface area (TPSA) is 49.3 Å². The Labute approximate surface area is 168 Å². The van der Waals surface area contributed by atoms with E-state index in [2.05, 4.69) is 20.0 Å². The maximum absolute atomic E-state index is 12.4. The number of piperidine rings is 2. The Hall–Kier alpha value is -1.66. The fourth-order valence-electron chi connectivity index (χ4n) is 4.51. The van der Waals surface area contributed by atoms with Gasteiger partial charge in [0.25, 0.3) is 0 Å². The Balaban J connectivity index is 1.26. The van der Waals surface area contributed by atoms with Crippen LogP contribution in [0, 0.1) is 5.92 Å². The summed E-state index contributed by atoms with van der Waals surface area (Å²) < 4.78 is 0. The number of likely N-dealkylation sites (tertiary alicyclic amines) is 1. The molecule has 3 heterocycles. The zero-order valence-corrected chi connectivity index (χ0v) is 16.8. The second kappa shape index (κ2) is 7.06. The molecule has 1 aromatic carbocycles. The van der Waals surface area contributed by atoms with Crippen molar-refractivity contribution in [2.45, 2.75) is 50.6 Å². The molecular weight excluding hydrogens is 380 g/mol. The molecule has 5 nitrogen and oxygen atoms in total. The van der Waals surface area contributed by atoms with E-state index < -0.39 is 0 Å². The smallest absolute Gasteiger partial charge is 0.223 e. The van der Waals surface area contributed by atoms with Crippen LogP contribution in [0.15, 0.2) is 24.3 Å². The summed E-state index contributed by atoms with van der Waals surface area (Å²) >= 11 is 7.65. The number of carbonyl (C=O) groups excluding carboxylic acids is 1. The summed E-state index contributed by atoms with van der Waals surface area (Å²) in [4.78, 5) is 17.0. The lowest BCUT2D eigenvalue weighted by Crippen LogP contribution is -2.56. The van der Waals surface area contributed by atoms with Crippen molar-refractivity contribution in [3.63, 3.8) is 0 Å². The molecule has 3 aliphatic rings. The monoisotopic (exact) mass is 402 g/mol. The molecule has 1 aromatic heterocycles. The van der Waals surface area contributed by atoms with Crippen molar-refractivity contribution in [1.82, 2.24) is 15.1 Å². The van der Waals surface area contributed by atoms with Gasteiger partial charge in [-0.1, -0.05) is 35.1 Å². The summed E-state index contributed by atoms with van der Waals surface area (Å²) in [5.74, 6) is 0.953. The number of aromatic nitrogens is 2. The van der Waals surface area contributed by atoms with E-state index in [1.54, 1.807) is 11.3 Å². The Morgan fingerprint density at radius 1 is 1.11 bits per heavy atom. The quantitative estimate of drug-likeness (QED) is 0.781.